The maximum atomic E-state index is 5.54. The summed E-state index contributed by atoms with van der Waals surface area (Å²) >= 11 is 3.44. The SMILES string of the molecule is Cc1nc(CN)sc1-c1cccs1. The van der Waals surface area contributed by atoms with Gasteiger partial charge in [0, 0.05) is 11.4 Å². The highest BCUT2D eigenvalue weighted by molar-refractivity contribution is 7.21. The van der Waals surface area contributed by atoms with Gasteiger partial charge in [-0.15, -0.1) is 22.7 Å². The summed E-state index contributed by atoms with van der Waals surface area (Å²) < 4.78 is 0. The molecule has 13 heavy (non-hydrogen) atoms. The molecule has 2 aromatic rings. The van der Waals surface area contributed by atoms with E-state index in [9.17, 15) is 0 Å². The molecule has 0 aliphatic carbocycles. The average Bonchev–Trinajstić information content (AvgIpc) is 2.72. The summed E-state index contributed by atoms with van der Waals surface area (Å²) in [5.74, 6) is 0. The molecule has 0 aromatic carbocycles. The van der Waals surface area contributed by atoms with Crippen LogP contribution in [0.15, 0.2) is 17.5 Å². The zero-order valence-electron chi connectivity index (χ0n) is 7.28. The van der Waals surface area contributed by atoms with Gasteiger partial charge in [0.05, 0.1) is 10.6 Å². The molecule has 0 unspecified atom stereocenters. The number of rotatable bonds is 2. The zero-order chi connectivity index (χ0) is 9.26. The molecule has 0 saturated carbocycles. The van der Waals surface area contributed by atoms with E-state index in [0.29, 0.717) is 6.54 Å². The second-order valence-corrected chi connectivity index (χ2v) is 4.73. The lowest BCUT2D eigenvalue weighted by Gasteiger charge is -1.89. The minimum absolute atomic E-state index is 0.539. The van der Waals surface area contributed by atoms with Crippen molar-refractivity contribution in [2.75, 3.05) is 0 Å². The fraction of sp³-hybridized carbons (Fsp3) is 0.222. The van der Waals surface area contributed by atoms with Crippen molar-refractivity contribution in [1.29, 1.82) is 0 Å². The fourth-order valence-electron chi connectivity index (χ4n) is 1.18. The van der Waals surface area contributed by atoms with Crippen LogP contribution in [0, 0.1) is 6.92 Å². The van der Waals surface area contributed by atoms with Crippen LogP contribution in [-0.4, -0.2) is 4.98 Å². The Morgan fingerprint density at radius 2 is 2.38 bits per heavy atom. The Hall–Kier alpha value is -0.710. The summed E-state index contributed by atoms with van der Waals surface area (Å²) in [6.45, 7) is 2.57. The van der Waals surface area contributed by atoms with Gasteiger partial charge in [0.1, 0.15) is 5.01 Å². The molecule has 0 atom stereocenters. The van der Waals surface area contributed by atoms with Gasteiger partial charge < -0.3 is 5.73 Å². The second kappa shape index (κ2) is 3.57. The van der Waals surface area contributed by atoms with E-state index in [1.54, 1.807) is 22.7 Å². The van der Waals surface area contributed by atoms with E-state index in [1.165, 1.54) is 9.75 Å². The summed E-state index contributed by atoms with van der Waals surface area (Å²) in [4.78, 5) is 6.93. The van der Waals surface area contributed by atoms with Gasteiger partial charge in [-0.05, 0) is 18.4 Å². The first kappa shape index (κ1) is 8.87. The molecule has 2 rings (SSSR count). The van der Waals surface area contributed by atoms with E-state index in [2.05, 4.69) is 22.5 Å². The molecule has 2 aromatic heterocycles. The van der Waals surface area contributed by atoms with Crippen LogP contribution in [0.2, 0.25) is 0 Å². The van der Waals surface area contributed by atoms with Crippen LogP contribution >= 0.6 is 22.7 Å². The molecule has 0 aliphatic rings. The Kier molecular flexibility index (Phi) is 2.44. The topological polar surface area (TPSA) is 38.9 Å². The number of aryl methyl sites for hydroxylation is 1. The van der Waals surface area contributed by atoms with Gasteiger partial charge >= 0.3 is 0 Å². The van der Waals surface area contributed by atoms with Gasteiger partial charge in [-0.1, -0.05) is 6.07 Å². The van der Waals surface area contributed by atoms with Gasteiger partial charge in [0.25, 0.3) is 0 Å². The third-order valence-electron chi connectivity index (χ3n) is 1.76. The van der Waals surface area contributed by atoms with E-state index >= 15 is 0 Å². The largest absolute Gasteiger partial charge is 0.325 e. The van der Waals surface area contributed by atoms with Crippen molar-refractivity contribution >= 4 is 22.7 Å². The Morgan fingerprint density at radius 3 is 2.92 bits per heavy atom. The van der Waals surface area contributed by atoms with Crippen LogP contribution in [0.3, 0.4) is 0 Å². The van der Waals surface area contributed by atoms with Crippen molar-refractivity contribution in [3.63, 3.8) is 0 Å². The highest BCUT2D eigenvalue weighted by Crippen LogP contribution is 2.32. The quantitative estimate of drug-likeness (QED) is 0.827. The highest BCUT2D eigenvalue weighted by atomic mass is 32.1. The number of nitrogens with two attached hydrogens (primary N) is 1. The summed E-state index contributed by atoms with van der Waals surface area (Å²) in [6.07, 6.45) is 0. The van der Waals surface area contributed by atoms with Crippen molar-refractivity contribution < 1.29 is 0 Å². The van der Waals surface area contributed by atoms with Crippen LogP contribution in [0.25, 0.3) is 9.75 Å². The van der Waals surface area contributed by atoms with E-state index in [-0.39, 0.29) is 0 Å². The number of nitrogens with zero attached hydrogens (tertiary/aromatic N) is 1. The van der Waals surface area contributed by atoms with Crippen molar-refractivity contribution in [2.24, 2.45) is 5.73 Å². The molecule has 68 valence electrons. The van der Waals surface area contributed by atoms with Crippen LogP contribution in [-0.2, 0) is 6.54 Å². The first-order valence-corrected chi connectivity index (χ1v) is 5.71. The van der Waals surface area contributed by atoms with E-state index in [0.717, 1.165) is 10.7 Å². The number of hydrogen-bond donors (Lipinski definition) is 1. The molecule has 0 radical (unpaired) electrons. The molecule has 0 amide bonds. The lowest BCUT2D eigenvalue weighted by molar-refractivity contribution is 1.02. The average molecular weight is 210 g/mol. The monoisotopic (exact) mass is 210 g/mol. The van der Waals surface area contributed by atoms with Gasteiger partial charge in [0.2, 0.25) is 0 Å². The van der Waals surface area contributed by atoms with Crippen LogP contribution in [0.1, 0.15) is 10.7 Å². The Labute approximate surface area is 85.1 Å². The third kappa shape index (κ3) is 1.65. The molecule has 0 fully saturated rings. The number of thiazole rings is 1. The number of aromatic nitrogens is 1. The smallest absolute Gasteiger partial charge is 0.107 e. The molecule has 0 saturated heterocycles. The maximum absolute atomic E-state index is 5.54. The molecule has 4 heteroatoms. The molecule has 2 N–H and O–H groups in total. The van der Waals surface area contributed by atoms with E-state index in [4.69, 9.17) is 5.73 Å². The lowest BCUT2D eigenvalue weighted by Crippen LogP contribution is -1.94. The van der Waals surface area contributed by atoms with Crippen molar-refractivity contribution in [2.45, 2.75) is 13.5 Å². The Morgan fingerprint density at radius 1 is 1.54 bits per heavy atom. The second-order valence-electron chi connectivity index (χ2n) is 2.70. The Bertz CT molecular complexity index is 390. The van der Waals surface area contributed by atoms with Gasteiger partial charge in [-0.25, -0.2) is 4.98 Å². The summed E-state index contributed by atoms with van der Waals surface area (Å²) in [7, 11) is 0. The minimum Gasteiger partial charge on any atom is -0.325 e. The van der Waals surface area contributed by atoms with Crippen LogP contribution in [0.5, 0.6) is 0 Å². The Balaban J connectivity index is 2.46. The van der Waals surface area contributed by atoms with Crippen LogP contribution < -0.4 is 5.73 Å². The molecule has 0 aliphatic heterocycles. The van der Waals surface area contributed by atoms with Crippen molar-refractivity contribution in [1.82, 2.24) is 4.98 Å². The first-order chi connectivity index (χ1) is 6.31. The van der Waals surface area contributed by atoms with Gasteiger partial charge in [-0.3, -0.25) is 0 Å². The third-order valence-corrected chi connectivity index (χ3v) is 3.99. The molecular weight excluding hydrogens is 200 g/mol. The predicted molar refractivity (Wildman–Crippen MR) is 58.1 cm³/mol. The molecule has 2 heterocycles. The first-order valence-electron chi connectivity index (χ1n) is 4.01. The summed E-state index contributed by atoms with van der Waals surface area (Å²) in [5, 5.41) is 3.09. The lowest BCUT2D eigenvalue weighted by atomic mass is 10.3. The molecule has 0 spiro atoms. The van der Waals surface area contributed by atoms with Crippen molar-refractivity contribution in [3.8, 4) is 9.75 Å². The maximum Gasteiger partial charge on any atom is 0.107 e. The van der Waals surface area contributed by atoms with Crippen LogP contribution in [0.4, 0.5) is 0 Å². The fourth-order valence-corrected chi connectivity index (χ4v) is 3.02. The van der Waals surface area contributed by atoms with E-state index in [1.807, 2.05) is 6.92 Å². The highest BCUT2D eigenvalue weighted by Gasteiger charge is 2.08. The molecular formula is C9H10N2S2. The van der Waals surface area contributed by atoms with Gasteiger partial charge in [-0.2, -0.15) is 0 Å². The minimum atomic E-state index is 0.539. The van der Waals surface area contributed by atoms with E-state index < -0.39 is 0 Å². The summed E-state index contributed by atoms with van der Waals surface area (Å²) in [5.41, 5.74) is 6.63. The zero-order valence-corrected chi connectivity index (χ0v) is 8.91. The molecule has 0 bridgehead atoms. The number of thiophene rings is 1. The predicted octanol–water partition coefficient (Wildman–Crippen LogP) is 2.64. The summed E-state index contributed by atoms with van der Waals surface area (Å²) in [6, 6.07) is 4.17. The van der Waals surface area contributed by atoms with Gasteiger partial charge in [0.15, 0.2) is 0 Å². The normalized spacial score (nSPS) is 10.6. The number of hydrogen-bond acceptors (Lipinski definition) is 4. The standard InChI is InChI=1S/C9H10N2S2/c1-6-9(7-3-2-4-12-7)13-8(5-10)11-6/h2-4H,5,10H2,1H3. The van der Waals surface area contributed by atoms with Crippen molar-refractivity contribution in [3.05, 3.63) is 28.2 Å². The molecule has 2 nitrogen and oxygen atoms in total.